The minimum atomic E-state index is -4.36. The van der Waals surface area contributed by atoms with Gasteiger partial charge >= 0.3 is 6.18 Å². The van der Waals surface area contributed by atoms with Gasteiger partial charge in [-0.3, -0.25) is 10.1 Å². The molecule has 0 aliphatic rings. The molecule has 2 unspecified atom stereocenters. The molecule has 3 aromatic carbocycles. The van der Waals surface area contributed by atoms with Gasteiger partial charge in [0.1, 0.15) is 11.8 Å². The van der Waals surface area contributed by atoms with Crippen LogP contribution in [0, 0.1) is 6.92 Å². The van der Waals surface area contributed by atoms with Crippen LogP contribution in [0.1, 0.15) is 46.3 Å². The van der Waals surface area contributed by atoms with Gasteiger partial charge in [0.2, 0.25) is 5.91 Å². The third kappa shape index (κ3) is 6.38. The van der Waals surface area contributed by atoms with Crippen molar-refractivity contribution in [2.75, 3.05) is 14.2 Å². The summed E-state index contributed by atoms with van der Waals surface area (Å²) in [5.74, 6) is 0.590. The lowest BCUT2D eigenvalue weighted by atomic mass is 9.95. The fourth-order valence-electron chi connectivity index (χ4n) is 3.95. The van der Waals surface area contributed by atoms with Crippen LogP contribution < -0.4 is 15.4 Å². The minimum absolute atomic E-state index is 0.170. The highest BCUT2D eigenvalue weighted by molar-refractivity contribution is 5.83. The number of alkyl halides is 3. The maximum absolute atomic E-state index is 12.9. The van der Waals surface area contributed by atoms with Crippen LogP contribution in [0.15, 0.2) is 72.8 Å². The molecule has 0 saturated carbocycles. The lowest BCUT2D eigenvalue weighted by Crippen LogP contribution is -2.38. The number of benzene rings is 3. The normalized spacial score (nSPS) is 13.2. The number of hydrogen-bond acceptors (Lipinski definition) is 3. The van der Waals surface area contributed by atoms with E-state index < -0.39 is 17.8 Å². The van der Waals surface area contributed by atoms with Crippen LogP contribution in [-0.4, -0.2) is 20.1 Å². The quantitative estimate of drug-likeness (QED) is 0.417. The average molecular weight is 471 g/mol. The molecule has 0 aliphatic carbocycles. The molecule has 180 valence electrons. The molecule has 0 heterocycles. The van der Waals surface area contributed by atoms with Crippen LogP contribution in [-0.2, 0) is 17.4 Å². The average Bonchev–Trinajstić information content (AvgIpc) is 2.84. The van der Waals surface area contributed by atoms with Crippen LogP contribution in [0.25, 0.3) is 0 Å². The number of carbonyl (C=O) groups is 1. The first kappa shape index (κ1) is 25.3. The Morgan fingerprint density at radius 3 is 2.21 bits per heavy atom. The van der Waals surface area contributed by atoms with Crippen molar-refractivity contribution in [3.63, 3.8) is 0 Å². The molecule has 2 atom stereocenters. The summed E-state index contributed by atoms with van der Waals surface area (Å²) in [7, 11) is 3.20. The van der Waals surface area contributed by atoms with E-state index in [9.17, 15) is 18.0 Å². The van der Waals surface area contributed by atoms with Crippen LogP contribution in [0.4, 0.5) is 13.2 Å². The number of hydrogen-bond donors (Lipinski definition) is 2. The molecule has 0 spiro atoms. The van der Waals surface area contributed by atoms with E-state index in [1.165, 1.54) is 12.1 Å². The molecular formula is C27H29F3N2O2. The van der Waals surface area contributed by atoms with Crippen molar-refractivity contribution in [3.05, 3.63) is 101 Å². The van der Waals surface area contributed by atoms with E-state index in [1.807, 2.05) is 55.5 Å². The molecule has 0 aromatic heterocycles. The van der Waals surface area contributed by atoms with Crippen molar-refractivity contribution in [3.8, 4) is 5.75 Å². The van der Waals surface area contributed by atoms with Gasteiger partial charge in [-0.15, -0.1) is 0 Å². The molecule has 3 aromatic rings. The van der Waals surface area contributed by atoms with Crippen molar-refractivity contribution in [1.82, 2.24) is 10.6 Å². The fourth-order valence-corrected chi connectivity index (χ4v) is 3.95. The Balaban J connectivity index is 1.88. The second-order valence-electron chi connectivity index (χ2n) is 8.14. The van der Waals surface area contributed by atoms with Crippen molar-refractivity contribution in [2.24, 2.45) is 0 Å². The molecule has 2 N–H and O–H groups in total. The van der Waals surface area contributed by atoms with Crippen LogP contribution in [0.5, 0.6) is 5.75 Å². The Morgan fingerprint density at radius 2 is 1.65 bits per heavy atom. The molecule has 0 fully saturated rings. The summed E-state index contributed by atoms with van der Waals surface area (Å²) >= 11 is 0. The summed E-state index contributed by atoms with van der Waals surface area (Å²) in [4.78, 5) is 12.8. The summed E-state index contributed by atoms with van der Waals surface area (Å²) in [5.41, 5.74) is 2.88. The predicted octanol–water partition coefficient (Wildman–Crippen LogP) is 5.77. The predicted molar refractivity (Wildman–Crippen MR) is 127 cm³/mol. The Bertz CT molecular complexity index is 1080. The van der Waals surface area contributed by atoms with Gasteiger partial charge in [-0.05, 0) is 60.2 Å². The smallest absolute Gasteiger partial charge is 0.416 e. The summed E-state index contributed by atoms with van der Waals surface area (Å²) in [6.45, 7) is 1.95. The van der Waals surface area contributed by atoms with Crippen molar-refractivity contribution < 1.29 is 22.7 Å². The fraction of sp³-hybridized carbons (Fsp3) is 0.296. The summed E-state index contributed by atoms with van der Waals surface area (Å²) in [5, 5.41) is 6.19. The van der Waals surface area contributed by atoms with E-state index in [0.29, 0.717) is 12.8 Å². The Kier molecular flexibility index (Phi) is 8.34. The van der Waals surface area contributed by atoms with E-state index in [1.54, 1.807) is 14.2 Å². The molecule has 0 aliphatic heterocycles. The zero-order valence-corrected chi connectivity index (χ0v) is 19.4. The molecule has 1 amide bonds. The maximum Gasteiger partial charge on any atom is 0.416 e. The van der Waals surface area contributed by atoms with Crippen LogP contribution in [0.2, 0.25) is 0 Å². The number of rotatable bonds is 9. The van der Waals surface area contributed by atoms with Crippen molar-refractivity contribution >= 4 is 5.91 Å². The molecule has 0 saturated heterocycles. The summed E-state index contributed by atoms with van der Waals surface area (Å²) < 4.78 is 44.1. The molecule has 0 bridgehead atoms. The highest BCUT2D eigenvalue weighted by atomic mass is 19.4. The summed E-state index contributed by atoms with van der Waals surface area (Å²) in [6.07, 6.45) is -3.24. The van der Waals surface area contributed by atoms with Gasteiger partial charge in [-0.25, -0.2) is 0 Å². The number of halogens is 3. The Labute approximate surface area is 198 Å². The van der Waals surface area contributed by atoms with Gasteiger partial charge in [0.15, 0.2) is 0 Å². The third-order valence-corrected chi connectivity index (χ3v) is 5.83. The number of ether oxygens (including phenoxy) is 1. The SMILES string of the molecule is CNC(=O)C(NC(CCc1ccc(C(F)(F)F)cc1)c1ccc(OC)c(C)c1)c1ccccc1. The topological polar surface area (TPSA) is 50.4 Å². The van der Waals surface area contributed by atoms with Crippen molar-refractivity contribution in [2.45, 2.75) is 38.0 Å². The summed E-state index contributed by atoms with van der Waals surface area (Å²) in [6, 6.07) is 19.7. The number of nitrogens with one attached hydrogen (secondary N) is 2. The van der Waals surface area contributed by atoms with Gasteiger partial charge in [-0.1, -0.05) is 54.6 Å². The first-order valence-corrected chi connectivity index (χ1v) is 11.1. The third-order valence-electron chi connectivity index (χ3n) is 5.83. The van der Waals surface area contributed by atoms with Crippen LogP contribution in [0.3, 0.4) is 0 Å². The zero-order chi connectivity index (χ0) is 24.7. The van der Waals surface area contributed by atoms with E-state index in [0.717, 1.165) is 40.1 Å². The Hall–Kier alpha value is -3.32. The van der Waals surface area contributed by atoms with Gasteiger partial charge in [0.25, 0.3) is 0 Å². The molecule has 7 heteroatoms. The largest absolute Gasteiger partial charge is 0.496 e. The number of likely N-dealkylation sites (N-methyl/N-ethyl adjacent to an activating group) is 1. The monoisotopic (exact) mass is 470 g/mol. The molecule has 0 radical (unpaired) electrons. The lowest BCUT2D eigenvalue weighted by Gasteiger charge is -2.26. The Morgan fingerprint density at radius 1 is 0.971 bits per heavy atom. The van der Waals surface area contributed by atoms with E-state index in [-0.39, 0.29) is 11.9 Å². The van der Waals surface area contributed by atoms with Gasteiger partial charge in [0.05, 0.1) is 12.7 Å². The molecule has 3 rings (SSSR count). The number of methoxy groups -OCH3 is 1. The zero-order valence-electron chi connectivity index (χ0n) is 19.4. The first-order chi connectivity index (χ1) is 16.2. The standard InChI is InChI=1S/C27H29F3N2O2/c1-18-17-21(12-16-24(18)34-3)23(15-11-19-9-13-22(14-10-19)27(28,29)30)32-25(26(33)31-2)20-7-5-4-6-8-20/h4-10,12-14,16-17,23,25,32H,11,15H2,1-3H3,(H,31,33). The van der Waals surface area contributed by atoms with Crippen LogP contribution >= 0.6 is 0 Å². The number of amides is 1. The highest BCUT2D eigenvalue weighted by Gasteiger charge is 2.30. The van der Waals surface area contributed by atoms with Gasteiger partial charge in [0, 0.05) is 13.1 Å². The molecule has 4 nitrogen and oxygen atoms in total. The van der Waals surface area contributed by atoms with Gasteiger partial charge < -0.3 is 10.1 Å². The van der Waals surface area contributed by atoms with E-state index >= 15 is 0 Å². The number of carbonyl (C=O) groups excluding carboxylic acids is 1. The maximum atomic E-state index is 12.9. The van der Waals surface area contributed by atoms with E-state index in [2.05, 4.69) is 10.6 Å². The lowest BCUT2D eigenvalue weighted by molar-refractivity contribution is -0.137. The minimum Gasteiger partial charge on any atom is -0.496 e. The van der Waals surface area contributed by atoms with E-state index in [4.69, 9.17) is 4.74 Å². The highest BCUT2D eigenvalue weighted by Crippen LogP contribution is 2.31. The van der Waals surface area contributed by atoms with Crippen molar-refractivity contribution in [1.29, 1.82) is 0 Å². The molecule has 34 heavy (non-hydrogen) atoms. The molecular weight excluding hydrogens is 441 g/mol. The number of aryl methyl sites for hydroxylation is 2. The second kappa shape index (κ2) is 11.2. The van der Waals surface area contributed by atoms with Gasteiger partial charge in [-0.2, -0.15) is 13.2 Å². The second-order valence-corrected chi connectivity index (χ2v) is 8.14. The first-order valence-electron chi connectivity index (χ1n) is 11.1.